The monoisotopic (exact) mass is 328 g/mol. The Balaban J connectivity index is 1.67. The minimum absolute atomic E-state index is 0.247. The van der Waals surface area contributed by atoms with Crippen molar-refractivity contribution in [3.05, 3.63) is 57.8 Å². The molecule has 3 rings (SSSR count). The smallest absolute Gasteiger partial charge is 0.276 e. The lowest BCUT2D eigenvalue weighted by Gasteiger charge is -2.08. The van der Waals surface area contributed by atoms with Crippen LogP contribution in [0.1, 0.15) is 27.4 Å². The van der Waals surface area contributed by atoms with Crippen LogP contribution in [-0.2, 0) is 6.61 Å². The summed E-state index contributed by atoms with van der Waals surface area (Å²) in [4.78, 5) is 16.4. The third-order valence-corrected chi connectivity index (χ3v) is 4.07. The van der Waals surface area contributed by atoms with E-state index in [0.29, 0.717) is 23.7 Å². The Kier molecular flexibility index (Phi) is 4.38. The summed E-state index contributed by atoms with van der Waals surface area (Å²) >= 11 is 1.53. The maximum atomic E-state index is 12.3. The zero-order valence-corrected chi connectivity index (χ0v) is 13.6. The predicted octanol–water partition coefficient (Wildman–Crippen LogP) is 3.31. The second kappa shape index (κ2) is 6.62. The SMILES string of the molecule is Cc1[nH]nc(C(=O)Nc2cccc(OCc3cscn3)c2)c1C. The molecule has 0 aliphatic heterocycles. The van der Waals surface area contributed by atoms with Crippen molar-refractivity contribution in [3.8, 4) is 5.75 Å². The summed E-state index contributed by atoms with van der Waals surface area (Å²) < 4.78 is 5.68. The number of aryl methyl sites for hydroxylation is 1. The normalized spacial score (nSPS) is 10.5. The highest BCUT2D eigenvalue weighted by atomic mass is 32.1. The van der Waals surface area contributed by atoms with Gasteiger partial charge in [0.15, 0.2) is 5.69 Å². The number of anilines is 1. The van der Waals surface area contributed by atoms with Crippen molar-refractivity contribution in [1.29, 1.82) is 0 Å². The molecule has 0 saturated carbocycles. The molecule has 0 aliphatic carbocycles. The minimum atomic E-state index is -0.247. The summed E-state index contributed by atoms with van der Waals surface area (Å²) in [6.45, 7) is 4.14. The highest BCUT2D eigenvalue weighted by molar-refractivity contribution is 7.07. The molecule has 23 heavy (non-hydrogen) atoms. The molecule has 0 unspecified atom stereocenters. The van der Waals surface area contributed by atoms with Crippen LogP contribution in [0.4, 0.5) is 5.69 Å². The van der Waals surface area contributed by atoms with Crippen LogP contribution in [0.2, 0.25) is 0 Å². The van der Waals surface area contributed by atoms with Crippen LogP contribution in [0, 0.1) is 13.8 Å². The number of nitrogens with one attached hydrogen (secondary N) is 2. The molecule has 2 N–H and O–H groups in total. The first kappa shape index (κ1) is 15.2. The number of nitrogens with zero attached hydrogens (tertiary/aromatic N) is 2. The van der Waals surface area contributed by atoms with Gasteiger partial charge in [0.1, 0.15) is 12.4 Å². The number of carbonyl (C=O) groups excluding carboxylic acids is 1. The van der Waals surface area contributed by atoms with Crippen molar-refractivity contribution in [2.24, 2.45) is 0 Å². The van der Waals surface area contributed by atoms with Gasteiger partial charge in [0, 0.05) is 28.4 Å². The second-order valence-corrected chi connectivity index (χ2v) is 5.79. The van der Waals surface area contributed by atoms with Gasteiger partial charge in [-0.25, -0.2) is 4.98 Å². The number of carbonyl (C=O) groups is 1. The first-order valence-electron chi connectivity index (χ1n) is 7.06. The standard InChI is InChI=1S/C16H16N4O2S/c1-10-11(2)19-20-15(10)16(21)18-12-4-3-5-14(6-12)22-7-13-8-23-9-17-13/h3-6,8-9H,7H2,1-2H3,(H,18,21)(H,19,20). The molecule has 7 heteroatoms. The fraction of sp³-hybridized carbons (Fsp3) is 0.188. The molecule has 0 radical (unpaired) electrons. The van der Waals surface area contributed by atoms with Crippen LogP contribution in [0.15, 0.2) is 35.2 Å². The van der Waals surface area contributed by atoms with E-state index in [-0.39, 0.29) is 5.91 Å². The fourth-order valence-corrected chi connectivity index (χ4v) is 2.57. The highest BCUT2D eigenvalue weighted by Crippen LogP contribution is 2.20. The number of amides is 1. The Bertz CT molecular complexity index is 811. The number of benzene rings is 1. The van der Waals surface area contributed by atoms with E-state index in [2.05, 4.69) is 20.5 Å². The molecule has 0 bridgehead atoms. The first-order valence-corrected chi connectivity index (χ1v) is 8.00. The lowest BCUT2D eigenvalue weighted by Crippen LogP contribution is -2.13. The molecule has 118 valence electrons. The number of aromatic nitrogens is 3. The van der Waals surface area contributed by atoms with Gasteiger partial charge >= 0.3 is 0 Å². The number of aromatic amines is 1. The molecule has 1 amide bonds. The van der Waals surface area contributed by atoms with Crippen LogP contribution >= 0.6 is 11.3 Å². The second-order valence-electron chi connectivity index (χ2n) is 5.07. The van der Waals surface area contributed by atoms with Crippen molar-refractivity contribution < 1.29 is 9.53 Å². The van der Waals surface area contributed by atoms with Crippen molar-refractivity contribution in [1.82, 2.24) is 15.2 Å². The Morgan fingerprint density at radius 1 is 1.39 bits per heavy atom. The molecule has 2 aromatic heterocycles. The van der Waals surface area contributed by atoms with Gasteiger partial charge in [-0.3, -0.25) is 9.89 Å². The van der Waals surface area contributed by atoms with E-state index >= 15 is 0 Å². The molecule has 0 fully saturated rings. The average Bonchev–Trinajstić information content (AvgIpc) is 3.17. The summed E-state index contributed by atoms with van der Waals surface area (Å²) in [7, 11) is 0. The van der Waals surface area contributed by atoms with E-state index in [1.54, 1.807) is 11.6 Å². The minimum Gasteiger partial charge on any atom is -0.487 e. The van der Waals surface area contributed by atoms with Crippen molar-refractivity contribution >= 4 is 22.9 Å². The predicted molar refractivity (Wildman–Crippen MR) is 88.9 cm³/mol. The van der Waals surface area contributed by atoms with Crippen molar-refractivity contribution in [2.45, 2.75) is 20.5 Å². The van der Waals surface area contributed by atoms with Gasteiger partial charge in [-0.15, -0.1) is 11.3 Å². The molecule has 3 aromatic rings. The van der Waals surface area contributed by atoms with E-state index in [9.17, 15) is 4.79 Å². The van der Waals surface area contributed by atoms with Crippen LogP contribution in [0.25, 0.3) is 0 Å². The van der Waals surface area contributed by atoms with Gasteiger partial charge in [0.2, 0.25) is 0 Å². The van der Waals surface area contributed by atoms with Crippen molar-refractivity contribution in [2.75, 3.05) is 5.32 Å². The topological polar surface area (TPSA) is 79.9 Å². The fourth-order valence-electron chi connectivity index (χ4n) is 2.03. The third-order valence-electron chi connectivity index (χ3n) is 3.43. The third kappa shape index (κ3) is 3.57. The number of hydrogen-bond acceptors (Lipinski definition) is 5. The maximum Gasteiger partial charge on any atom is 0.276 e. The maximum absolute atomic E-state index is 12.3. The summed E-state index contributed by atoms with van der Waals surface area (Å²) in [5.74, 6) is 0.425. The molecule has 2 heterocycles. The lowest BCUT2D eigenvalue weighted by molar-refractivity contribution is 0.102. The summed E-state index contributed by atoms with van der Waals surface area (Å²) in [5, 5.41) is 11.6. The molecular weight excluding hydrogens is 312 g/mol. The Morgan fingerprint density at radius 3 is 2.96 bits per heavy atom. The highest BCUT2D eigenvalue weighted by Gasteiger charge is 2.14. The Labute approximate surface area is 137 Å². The van der Waals surface area contributed by atoms with Gasteiger partial charge in [-0.05, 0) is 26.0 Å². The van der Waals surface area contributed by atoms with Gasteiger partial charge in [0.25, 0.3) is 5.91 Å². The number of rotatable bonds is 5. The zero-order chi connectivity index (χ0) is 16.2. The van der Waals surface area contributed by atoms with E-state index in [4.69, 9.17) is 4.74 Å². The molecule has 6 nitrogen and oxygen atoms in total. The van der Waals surface area contributed by atoms with E-state index in [1.807, 2.05) is 37.4 Å². The van der Waals surface area contributed by atoms with Crippen LogP contribution in [0.5, 0.6) is 5.75 Å². The Morgan fingerprint density at radius 2 is 2.26 bits per heavy atom. The average molecular weight is 328 g/mol. The number of thiazole rings is 1. The van der Waals surface area contributed by atoms with Crippen LogP contribution < -0.4 is 10.1 Å². The van der Waals surface area contributed by atoms with Crippen LogP contribution in [-0.4, -0.2) is 21.1 Å². The zero-order valence-electron chi connectivity index (χ0n) is 12.8. The number of ether oxygens (including phenoxy) is 1. The first-order chi connectivity index (χ1) is 11.1. The molecule has 0 saturated heterocycles. The van der Waals surface area contributed by atoms with Crippen LogP contribution in [0.3, 0.4) is 0 Å². The van der Waals surface area contributed by atoms with Crippen molar-refractivity contribution in [3.63, 3.8) is 0 Å². The summed E-state index contributed by atoms with van der Waals surface area (Å²) in [6.07, 6.45) is 0. The number of H-pyrrole nitrogens is 1. The number of hydrogen-bond donors (Lipinski definition) is 2. The summed E-state index contributed by atoms with van der Waals surface area (Å²) in [6, 6.07) is 7.25. The quantitative estimate of drug-likeness (QED) is 0.753. The molecule has 0 aliphatic rings. The largest absolute Gasteiger partial charge is 0.487 e. The van der Waals surface area contributed by atoms with E-state index < -0.39 is 0 Å². The molecule has 0 atom stereocenters. The van der Waals surface area contributed by atoms with Gasteiger partial charge < -0.3 is 10.1 Å². The van der Waals surface area contributed by atoms with E-state index in [1.165, 1.54) is 11.3 Å². The summed E-state index contributed by atoms with van der Waals surface area (Å²) in [5.41, 5.74) is 5.44. The van der Waals surface area contributed by atoms with Gasteiger partial charge in [-0.2, -0.15) is 5.10 Å². The molecule has 1 aromatic carbocycles. The Hall–Kier alpha value is -2.67. The van der Waals surface area contributed by atoms with Gasteiger partial charge in [-0.1, -0.05) is 6.07 Å². The van der Waals surface area contributed by atoms with E-state index in [0.717, 1.165) is 17.0 Å². The molecular formula is C16H16N4O2S. The molecule has 0 spiro atoms. The lowest BCUT2D eigenvalue weighted by atomic mass is 10.2. The van der Waals surface area contributed by atoms with Gasteiger partial charge in [0.05, 0.1) is 11.2 Å².